The number of carbonyl (C=O) groups excluding carboxylic acids is 4. The van der Waals surface area contributed by atoms with Crippen molar-refractivity contribution in [2.75, 3.05) is 18.0 Å². The van der Waals surface area contributed by atoms with Crippen LogP contribution in [0, 0.1) is 5.92 Å². The molecule has 1 aromatic rings. The van der Waals surface area contributed by atoms with Crippen LogP contribution in [0.25, 0.3) is 0 Å². The number of carboxylic acid groups (broad SMARTS) is 1. The summed E-state index contributed by atoms with van der Waals surface area (Å²) in [5, 5.41) is 9.89. The summed E-state index contributed by atoms with van der Waals surface area (Å²) >= 11 is 0. The van der Waals surface area contributed by atoms with Crippen LogP contribution in [0.4, 0.5) is 5.69 Å². The molecule has 4 amide bonds. The van der Waals surface area contributed by atoms with E-state index >= 15 is 0 Å². The Bertz CT molecular complexity index is 1230. The van der Waals surface area contributed by atoms with Gasteiger partial charge in [0.1, 0.15) is 17.4 Å². The van der Waals surface area contributed by atoms with Crippen molar-refractivity contribution >= 4 is 35.3 Å². The van der Waals surface area contributed by atoms with E-state index in [2.05, 4.69) is 0 Å². The molecule has 4 aliphatic heterocycles. The zero-order valence-electron chi connectivity index (χ0n) is 20.5. The molecule has 5 heterocycles. The molecule has 0 unspecified atom stereocenters. The van der Waals surface area contributed by atoms with Crippen LogP contribution in [-0.2, 0) is 30.5 Å². The Morgan fingerprint density at radius 1 is 1.31 bits per heavy atom. The van der Waals surface area contributed by atoms with Crippen LogP contribution in [0.5, 0.6) is 0 Å². The number of amides is 4. The molecule has 11 nitrogen and oxygen atoms in total. The third kappa shape index (κ3) is 4.07. The number of rotatable bonds is 5. The maximum Gasteiger partial charge on any atom is 1.00 e. The van der Waals surface area contributed by atoms with E-state index in [0.29, 0.717) is 42.8 Å². The van der Waals surface area contributed by atoms with Crippen molar-refractivity contribution in [3.05, 3.63) is 47.4 Å². The first-order chi connectivity index (χ1) is 16.2. The summed E-state index contributed by atoms with van der Waals surface area (Å²) in [6.07, 6.45) is 5.71. The predicted molar refractivity (Wildman–Crippen MR) is 117 cm³/mol. The van der Waals surface area contributed by atoms with E-state index in [0.717, 1.165) is 0 Å². The zero-order valence-corrected chi connectivity index (χ0v) is 21.5. The van der Waals surface area contributed by atoms with Gasteiger partial charge in [-0.3, -0.25) is 24.1 Å². The number of primary amides is 1. The summed E-state index contributed by atoms with van der Waals surface area (Å²) in [5.41, 5.74) is 6.62. The van der Waals surface area contributed by atoms with Crippen LogP contribution in [0.1, 0.15) is 21.2 Å². The van der Waals surface area contributed by atoms with E-state index in [4.69, 9.17) is 5.73 Å². The van der Waals surface area contributed by atoms with Crippen LogP contribution in [0.15, 0.2) is 47.4 Å². The second-order valence-electron chi connectivity index (χ2n) is 9.04. The molecule has 0 bridgehead atoms. The van der Waals surface area contributed by atoms with E-state index in [1.165, 1.54) is 16.7 Å². The maximum absolute atomic E-state index is 13.2. The van der Waals surface area contributed by atoms with Gasteiger partial charge in [-0.2, -0.15) is 4.57 Å². The molecule has 0 spiro atoms. The topological polar surface area (TPSA) is 145 Å². The number of carboxylic acids is 1. The first-order valence-electron chi connectivity index (χ1n) is 11.0. The Labute approximate surface area is 224 Å². The number of aliphatic carboxylic acids is 1. The third-order valence-corrected chi connectivity index (χ3v) is 6.96. The number of hydrogen-bond acceptors (Lipinski definition) is 5. The van der Waals surface area contributed by atoms with Gasteiger partial charge in [-0.1, -0.05) is 0 Å². The Morgan fingerprint density at radius 2 is 2.06 bits per heavy atom. The van der Waals surface area contributed by atoms with Crippen molar-refractivity contribution < 1.29 is 64.6 Å². The summed E-state index contributed by atoms with van der Waals surface area (Å²) < 4.78 is 1.59. The SMILES string of the molecule is CC(=O)N1C[C@H]2CC(/C=C3\CCN(c4ccc[n+](CC(N)=O)c4)C3=O)=C(C(=O)O)N3C(=O)[C@@H]1[C@@H]23.[H-].[Na+]. The van der Waals surface area contributed by atoms with Gasteiger partial charge in [-0.05, 0) is 30.6 Å². The number of β-lactam (4-membered cyclic amide) rings is 1. The van der Waals surface area contributed by atoms with E-state index in [9.17, 15) is 29.1 Å². The van der Waals surface area contributed by atoms with E-state index in [1.807, 2.05) is 0 Å². The van der Waals surface area contributed by atoms with Gasteiger partial charge in [0.05, 0.1) is 6.04 Å². The molecule has 4 aliphatic rings. The molecule has 0 radical (unpaired) electrons. The molecule has 0 aliphatic carbocycles. The van der Waals surface area contributed by atoms with Gasteiger partial charge in [0.2, 0.25) is 12.5 Å². The molecule has 12 heteroatoms. The number of nitrogens with zero attached hydrogens (tertiary/aromatic N) is 4. The number of aromatic nitrogens is 1. The van der Waals surface area contributed by atoms with Crippen LogP contribution < -0.4 is 44.8 Å². The fraction of sp³-hybridized carbons (Fsp3) is 0.391. The molecule has 1 aromatic heterocycles. The molecule has 3 saturated heterocycles. The van der Waals surface area contributed by atoms with Crippen molar-refractivity contribution in [3.63, 3.8) is 0 Å². The van der Waals surface area contributed by atoms with Gasteiger partial charge >= 0.3 is 35.5 Å². The average Bonchev–Trinajstić information content (AvgIpc) is 3.31. The fourth-order valence-corrected chi connectivity index (χ4v) is 5.58. The Balaban J connectivity index is 0.00000180. The van der Waals surface area contributed by atoms with Crippen molar-refractivity contribution in [3.8, 4) is 0 Å². The predicted octanol–water partition coefficient (Wildman–Crippen LogP) is -3.96. The normalized spacial score (nSPS) is 26.0. The van der Waals surface area contributed by atoms with Gasteiger partial charge in [-0.15, -0.1) is 0 Å². The van der Waals surface area contributed by atoms with Gasteiger partial charge in [0.15, 0.2) is 12.4 Å². The van der Waals surface area contributed by atoms with Crippen molar-refractivity contribution in [2.45, 2.75) is 38.4 Å². The second kappa shape index (κ2) is 9.21. The summed E-state index contributed by atoms with van der Waals surface area (Å²) in [7, 11) is 0. The number of allylic oxidation sites excluding steroid dienone is 2. The minimum Gasteiger partial charge on any atom is -1.00 e. The monoisotopic (exact) mass is 490 g/mol. The number of likely N-dealkylation sites (tertiary alicyclic amines) is 1. The number of pyridine rings is 1. The summed E-state index contributed by atoms with van der Waals surface area (Å²) in [4.78, 5) is 65.6. The van der Waals surface area contributed by atoms with Gasteiger partial charge in [0, 0.05) is 37.6 Å². The zero-order chi connectivity index (χ0) is 24.3. The maximum atomic E-state index is 13.2. The molecule has 35 heavy (non-hydrogen) atoms. The average molecular weight is 490 g/mol. The quantitative estimate of drug-likeness (QED) is 0.187. The van der Waals surface area contributed by atoms with Gasteiger partial charge < -0.3 is 22.1 Å². The Hall–Kier alpha value is -3.02. The molecule has 3 fully saturated rings. The summed E-state index contributed by atoms with van der Waals surface area (Å²) in [6, 6.07) is 2.54. The van der Waals surface area contributed by atoms with Gasteiger partial charge in [-0.25, -0.2) is 4.79 Å². The molecule has 3 N–H and O–H groups in total. The van der Waals surface area contributed by atoms with E-state index in [1.54, 1.807) is 40.1 Å². The van der Waals surface area contributed by atoms with Crippen LogP contribution in [0.3, 0.4) is 0 Å². The van der Waals surface area contributed by atoms with Crippen LogP contribution >= 0.6 is 0 Å². The van der Waals surface area contributed by atoms with Crippen LogP contribution in [-0.4, -0.2) is 69.7 Å². The standard InChI is InChI=1S/C23H23N5O6.Na.H/c1-12(29)27-9-15-8-14(19(23(33)34)28-18(15)20(27)22(28)32)7-13-4-6-26(21(13)31)16-3-2-5-25(10-16)11-17(24)30;;/h2-3,5,7,10,15,18,20H,4,6,8-9,11H2,1H3,(H2-,24,30,33,34);;/q;+1;-1/p+1/b13-7+;;/t15-,18-,20+;;/m1../s1. The smallest absolute Gasteiger partial charge is 1.00 e. The molecule has 0 aromatic carbocycles. The second-order valence-corrected chi connectivity index (χ2v) is 9.04. The first kappa shape index (κ1) is 25.1. The molecule has 178 valence electrons. The fourth-order valence-electron chi connectivity index (χ4n) is 5.58. The summed E-state index contributed by atoms with van der Waals surface area (Å²) in [6.45, 7) is 2.18. The number of carbonyl (C=O) groups is 5. The number of anilines is 1. The third-order valence-electron chi connectivity index (χ3n) is 6.96. The molecule has 0 saturated carbocycles. The van der Waals surface area contributed by atoms with Crippen molar-refractivity contribution in [1.82, 2.24) is 9.80 Å². The van der Waals surface area contributed by atoms with Crippen LogP contribution in [0.2, 0.25) is 0 Å². The van der Waals surface area contributed by atoms with E-state index in [-0.39, 0.29) is 67.0 Å². The minimum absolute atomic E-state index is 0. The minimum atomic E-state index is -1.23. The van der Waals surface area contributed by atoms with E-state index < -0.39 is 23.8 Å². The Kier molecular flexibility index (Phi) is 6.60. The molecule has 5 rings (SSSR count). The number of hydrogen-bond donors (Lipinski definition) is 2. The van der Waals surface area contributed by atoms with Gasteiger partial charge in [0.25, 0.3) is 17.7 Å². The largest absolute Gasteiger partial charge is 1.00 e. The number of nitrogens with two attached hydrogens (primary N) is 1. The van der Waals surface area contributed by atoms with Crippen molar-refractivity contribution in [2.24, 2.45) is 11.7 Å². The molecular weight excluding hydrogens is 465 g/mol. The first-order valence-corrected chi connectivity index (χ1v) is 11.0. The summed E-state index contributed by atoms with van der Waals surface area (Å²) in [5.74, 6) is -2.66. The van der Waals surface area contributed by atoms with Crippen molar-refractivity contribution in [1.29, 1.82) is 0 Å². The molecular formula is C23H25N5NaO6+. The molecule has 3 atom stereocenters. The Morgan fingerprint density at radius 3 is 2.71 bits per heavy atom.